The molecule has 0 aromatic carbocycles. The van der Waals surface area contributed by atoms with Crippen molar-refractivity contribution < 1.29 is 0 Å². The maximum Gasteiger partial charge on any atom is 0.0270 e. The molecule has 2 nitrogen and oxygen atoms in total. The van der Waals surface area contributed by atoms with Gasteiger partial charge in [-0.1, -0.05) is 6.42 Å². The largest absolute Gasteiger partial charge is 0.313 e. The summed E-state index contributed by atoms with van der Waals surface area (Å²) >= 11 is 2.02. The van der Waals surface area contributed by atoms with Gasteiger partial charge >= 0.3 is 0 Å². The number of hydrogen-bond acceptors (Lipinski definition) is 3. The molecule has 3 heteroatoms. The van der Waals surface area contributed by atoms with E-state index in [2.05, 4.69) is 22.4 Å². The van der Waals surface area contributed by atoms with Gasteiger partial charge in [0.05, 0.1) is 0 Å². The zero-order valence-corrected chi connectivity index (χ0v) is 9.80. The van der Waals surface area contributed by atoms with Gasteiger partial charge in [0.1, 0.15) is 0 Å². The van der Waals surface area contributed by atoms with Crippen molar-refractivity contribution in [3.05, 3.63) is 30.1 Å². The molecular weight excluding hydrogens is 204 g/mol. The van der Waals surface area contributed by atoms with Gasteiger partial charge in [-0.3, -0.25) is 4.98 Å². The van der Waals surface area contributed by atoms with Gasteiger partial charge in [-0.2, -0.15) is 11.8 Å². The summed E-state index contributed by atoms with van der Waals surface area (Å²) in [6.45, 7) is 1.21. The quantitative estimate of drug-likeness (QED) is 0.847. The highest BCUT2D eigenvalue weighted by Gasteiger charge is 2.11. The van der Waals surface area contributed by atoms with Gasteiger partial charge in [-0.15, -0.1) is 0 Å². The lowest BCUT2D eigenvalue weighted by Crippen LogP contribution is -2.35. The number of hydrogen-bond donors (Lipinski definition) is 1. The van der Waals surface area contributed by atoms with Crippen LogP contribution in [-0.2, 0) is 5.75 Å². The van der Waals surface area contributed by atoms with Gasteiger partial charge in [-0.25, -0.2) is 0 Å². The summed E-state index contributed by atoms with van der Waals surface area (Å²) in [4.78, 5) is 4.02. The molecule has 82 valence electrons. The van der Waals surface area contributed by atoms with Crippen molar-refractivity contribution in [2.75, 3.05) is 12.3 Å². The smallest absolute Gasteiger partial charge is 0.0270 e. The molecule has 0 aliphatic carbocycles. The summed E-state index contributed by atoms with van der Waals surface area (Å²) in [6, 6.07) is 4.94. The van der Waals surface area contributed by atoms with Crippen LogP contribution in [0.15, 0.2) is 24.5 Å². The van der Waals surface area contributed by atoms with Crippen LogP contribution in [0, 0.1) is 0 Å². The molecule has 1 saturated heterocycles. The minimum Gasteiger partial charge on any atom is -0.313 e. The summed E-state index contributed by atoms with van der Waals surface area (Å²) in [5, 5.41) is 3.57. The number of piperidine rings is 1. The monoisotopic (exact) mass is 222 g/mol. The summed E-state index contributed by atoms with van der Waals surface area (Å²) < 4.78 is 0. The third kappa shape index (κ3) is 3.84. The third-order valence-electron chi connectivity index (χ3n) is 2.75. The Kier molecular flexibility index (Phi) is 4.48. The fourth-order valence-corrected chi connectivity index (χ4v) is 2.98. The van der Waals surface area contributed by atoms with E-state index in [9.17, 15) is 0 Å². The first-order valence-corrected chi connectivity index (χ1v) is 6.80. The number of pyridine rings is 1. The number of nitrogens with one attached hydrogen (secondary N) is 1. The zero-order chi connectivity index (χ0) is 10.3. The fourth-order valence-electron chi connectivity index (χ4n) is 1.86. The second-order valence-corrected chi connectivity index (χ2v) is 5.05. The molecule has 2 rings (SSSR count). The van der Waals surface area contributed by atoms with E-state index in [-0.39, 0.29) is 0 Å². The van der Waals surface area contributed by atoms with E-state index >= 15 is 0 Å². The number of aromatic nitrogens is 1. The lowest BCUT2D eigenvalue weighted by atomic mass is 10.1. The van der Waals surface area contributed by atoms with Gasteiger partial charge < -0.3 is 5.32 Å². The minimum atomic E-state index is 0.741. The predicted molar refractivity (Wildman–Crippen MR) is 66.0 cm³/mol. The first-order valence-electron chi connectivity index (χ1n) is 5.65. The molecule has 0 amide bonds. The van der Waals surface area contributed by atoms with Crippen molar-refractivity contribution in [3.8, 4) is 0 Å². The normalized spacial score (nSPS) is 21.5. The highest BCUT2D eigenvalue weighted by atomic mass is 32.2. The molecule has 1 N–H and O–H groups in total. The van der Waals surface area contributed by atoms with E-state index in [1.54, 1.807) is 0 Å². The molecule has 0 spiro atoms. The van der Waals surface area contributed by atoms with Gasteiger partial charge in [0.2, 0.25) is 0 Å². The highest BCUT2D eigenvalue weighted by molar-refractivity contribution is 7.98. The Morgan fingerprint density at radius 3 is 2.93 bits per heavy atom. The molecule has 1 fully saturated rings. The van der Waals surface area contributed by atoms with Crippen LogP contribution in [0.4, 0.5) is 0 Å². The van der Waals surface area contributed by atoms with Gasteiger partial charge in [0.15, 0.2) is 0 Å². The van der Waals surface area contributed by atoms with Gasteiger partial charge in [0.25, 0.3) is 0 Å². The summed E-state index contributed by atoms with van der Waals surface area (Å²) in [5.41, 5.74) is 1.38. The maximum atomic E-state index is 4.02. The number of nitrogens with zero attached hydrogens (tertiary/aromatic N) is 1. The van der Waals surface area contributed by atoms with E-state index < -0.39 is 0 Å². The molecule has 0 bridgehead atoms. The lowest BCUT2D eigenvalue weighted by Gasteiger charge is -2.22. The van der Waals surface area contributed by atoms with Crippen LogP contribution in [0.3, 0.4) is 0 Å². The first-order chi connectivity index (χ1) is 7.45. The molecule has 1 atom stereocenters. The Balaban J connectivity index is 1.66. The molecule has 0 radical (unpaired) electrons. The molecular formula is C12H18N2S. The Hall–Kier alpha value is -0.540. The Bertz CT molecular complexity index is 270. The highest BCUT2D eigenvalue weighted by Crippen LogP contribution is 2.16. The summed E-state index contributed by atoms with van der Waals surface area (Å²) in [7, 11) is 0. The van der Waals surface area contributed by atoms with Crippen LogP contribution < -0.4 is 5.32 Å². The molecule has 0 saturated carbocycles. The Labute approximate surface area is 95.9 Å². The van der Waals surface area contributed by atoms with E-state index in [1.807, 2.05) is 24.2 Å². The zero-order valence-electron chi connectivity index (χ0n) is 8.98. The topological polar surface area (TPSA) is 24.9 Å². The van der Waals surface area contributed by atoms with Crippen LogP contribution in [0.25, 0.3) is 0 Å². The van der Waals surface area contributed by atoms with Crippen LogP contribution in [0.2, 0.25) is 0 Å². The average Bonchev–Trinajstić information content (AvgIpc) is 2.32. The third-order valence-corrected chi connectivity index (χ3v) is 3.93. The molecule has 15 heavy (non-hydrogen) atoms. The van der Waals surface area contributed by atoms with Gasteiger partial charge in [-0.05, 0) is 37.1 Å². The van der Waals surface area contributed by atoms with E-state index in [0.717, 1.165) is 11.8 Å². The number of thioether (sulfide) groups is 1. The van der Waals surface area contributed by atoms with Crippen LogP contribution in [0.1, 0.15) is 24.8 Å². The summed E-state index contributed by atoms with van der Waals surface area (Å²) in [5.74, 6) is 2.35. The van der Waals surface area contributed by atoms with E-state index in [1.165, 1.54) is 37.1 Å². The second-order valence-electron chi connectivity index (χ2n) is 4.02. The molecule has 1 aromatic rings. The Morgan fingerprint density at radius 2 is 2.20 bits per heavy atom. The van der Waals surface area contributed by atoms with Crippen LogP contribution >= 0.6 is 11.8 Å². The molecule has 2 heterocycles. The Morgan fingerprint density at radius 1 is 1.33 bits per heavy atom. The van der Waals surface area contributed by atoms with Crippen LogP contribution in [0.5, 0.6) is 0 Å². The minimum absolute atomic E-state index is 0.741. The molecule has 1 aromatic heterocycles. The molecule has 1 aliphatic rings. The predicted octanol–water partition coefficient (Wildman–Crippen LogP) is 2.46. The van der Waals surface area contributed by atoms with E-state index in [0.29, 0.717) is 0 Å². The maximum absolute atomic E-state index is 4.02. The van der Waals surface area contributed by atoms with Crippen LogP contribution in [-0.4, -0.2) is 23.3 Å². The van der Waals surface area contributed by atoms with Crippen molar-refractivity contribution in [1.29, 1.82) is 0 Å². The second kappa shape index (κ2) is 6.13. The van der Waals surface area contributed by atoms with Crippen molar-refractivity contribution in [1.82, 2.24) is 10.3 Å². The fraction of sp³-hybridized carbons (Fsp3) is 0.583. The first kappa shape index (κ1) is 11.0. The standard InChI is InChI=1S/C12H18N2S/c1-2-6-14-12(3-1)10-15-9-11-4-7-13-8-5-11/h4-5,7-8,12,14H,1-3,6,9-10H2. The SMILES string of the molecule is c1cc(CSCC2CCCCN2)ccn1. The summed E-state index contributed by atoms with van der Waals surface area (Å²) in [6.07, 6.45) is 7.84. The van der Waals surface area contributed by atoms with Gasteiger partial charge in [0, 0.05) is 29.9 Å². The van der Waals surface area contributed by atoms with Crippen molar-refractivity contribution in [3.63, 3.8) is 0 Å². The van der Waals surface area contributed by atoms with E-state index in [4.69, 9.17) is 0 Å². The van der Waals surface area contributed by atoms with Crippen molar-refractivity contribution >= 4 is 11.8 Å². The van der Waals surface area contributed by atoms with Crippen molar-refractivity contribution in [2.45, 2.75) is 31.1 Å². The number of rotatable bonds is 4. The van der Waals surface area contributed by atoms with Crippen molar-refractivity contribution in [2.24, 2.45) is 0 Å². The molecule has 1 aliphatic heterocycles. The average molecular weight is 222 g/mol. The lowest BCUT2D eigenvalue weighted by molar-refractivity contribution is 0.430. The molecule has 1 unspecified atom stereocenters.